The molecule has 1 aromatic heterocycles. The van der Waals surface area contributed by atoms with Crippen molar-refractivity contribution in [2.75, 3.05) is 23.9 Å². The maximum atomic E-state index is 12.9. The van der Waals surface area contributed by atoms with Gasteiger partial charge in [0.05, 0.1) is 22.7 Å². The summed E-state index contributed by atoms with van der Waals surface area (Å²) in [6, 6.07) is 16.3. The number of carbonyl (C=O) groups excluding carboxylic acids is 2. The maximum absolute atomic E-state index is 12.9. The molecule has 1 aliphatic heterocycles. The van der Waals surface area contributed by atoms with Crippen LogP contribution in [-0.2, 0) is 6.42 Å². The van der Waals surface area contributed by atoms with Crippen molar-refractivity contribution in [2.45, 2.75) is 6.42 Å². The molecular formula is C21H18N2O3S. The van der Waals surface area contributed by atoms with Crippen LogP contribution in [0.15, 0.2) is 60.0 Å². The van der Waals surface area contributed by atoms with E-state index in [4.69, 9.17) is 4.74 Å². The summed E-state index contributed by atoms with van der Waals surface area (Å²) in [6.07, 6.45) is 0.841. The van der Waals surface area contributed by atoms with Crippen molar-refractivity contribution in [1.82, 2.24) is 0 Å². The van der Waals surface area contributed by atoms with Gasteiger partial charge in [0.2, 0.25) is 0 Å². The molecule has 0 aliphatic carbocycles. The number of amides is 2. The minimum Gasteiger partial charge on any atom is -0.493 e. The van der Waals surface area contributed by atoms with Gasteiger partial charge in [-0.15, -0.1) is 11.3 Å². The minimum absolute atomic E-state index is 0.139. The number of carbonyl (C=O) groups is 2. The number of hydrogen-bond acceptors (Lipinski definition) is 4. The van der Waals surface area contributed by atoms with Crippen molar-refractivity contribution in [3.8, 4) is 5.75 Å². The number of fused-ring (bicyclic) bond motifs is 1. The van der Waals surface area contributed by atoms with Crippen LogP contribution in [0.25, 0.3) is 0 Å². The predicted molar refractivity (Wildman–Crippen MR) is 107 cm³/mol. The molecule has 0 atom stereocenters. The maximum Gasteiger partial charge on any atom is 0.268 e. The van der Waals surface area contributed by atoms with Crippen LogP contribution in [0.2, 0.25) is 0 Å². The topological polar surface area (TPSA) is 58.6 Å². The summed E-state index contributed by atoms with van der Waals surface area (Å²) in [6.45, 7) is 0.672. The molecule has 3 aromatic rings. The fraction of sp³-hybridized carbons (Fsp3) is 0.143. The van der Waals surface area contributed by atoms with E-state index < -0.39 is 0 Å². The molecule has 136 valence electrons. The number of para-hydroxylation sites is 1. The van der Waals surface area contributed by atoms with Crippen LogP contribution in [0.3, 0.4) is 0 Å². The van der Waals surface area contributed by atoms with Gasteiger partial charge in [0.1, 0.15) is 5.75 Å². The summed E-state index contributed by atoms with van der Waals surface area (Å²) in [5.74, 6) is 0.477. The standard InChI is InChI=1S/C21H18N2O3S/c1-23(21(25)19-7-4-12-27-19)17-6-3-2-5-16(17)20(24)22-15-8-9-18-14(13-15)10-11-26-18/h2-9,12-13H,10-11H2,1H3,(H,22,24). The lowest BCUT2D eigenvalue weighted by Crippen LogP contribution is -2.28. The number of nitrogens with zero attached hydrogens (tertiary/aromatic N) is 1. The largest absolute Gasteiger partial charge is 0.493 e. The van der Waals surface area contributed by atoms with Gasteiger partial charge in [0.15, 0.2) is 0 Å². The summed E-state index contributed by atoms with van der Waals surface area (Å²) < 4.78 is 5.50. The smallest absolute Gasteiger partial charge is 0.268 e. The van der Waals surface area contributed by atoms with Gasteiger partial charge in [-0.05, 0) is 47.3 Å². The second-order valence-corrected chi connectivity index (χ2v) is 7.18. The molecule has 2 aromatic carbocycles. The molecule has 27 heavy (non-hydrogen) atoms. The van der Waals surface area contributed by atoms with Gasteiger partial charge >= 0.3 is 0 Å². The number of nitrogens with one attached hydrogen (secondary N) is 1. The molecule has 0 radical (unpaired) electrons. The second kappa shape index (κ2) is 7.25. The number of ether oxygens (including phenoxy) is 1. The molecule has 4 rings (SSSR count). The first kappa shape index (κ1) is 17.3. The summed E-state index contributed by atoms with van der Waals surface area (Å²) in [4.78, 5) is 27.7. The van der Waals surface area contributed by atoms with Gasteiger partial charge in [-0.25, -0.2) is 0 Å². The van der Waals surface area contributed by atoms with Crippen molar-refractivity contribution in [2.24, 2.45) is 0 Å². The number of benzene rings is 2. The lowest BCUT2D eigenvalue weighted by molar-refractivity contribution is 0.0996. The highest BCUT2D eigenvalue weighted by Crippen LogP contribution is 2.29. The summed E-state index contributed by atoms with van der Waals surface area (Å²) >= 11 is 1.38. The SMILES string of the molecule is CN(C(=O)c1cccs1)c1ccccc1C(=O)Nc1ccc2c(c1)CCO2. The van der Waals surface area contributed by atoms with E-state index in [0.29, 0.717) is 28.4 Å². The fourth-order valence-corrected chi connectivity index (χ4v) is 3.79. The monoisotopic (exact) mass is 378 g/mol. The molecule has 0 saturated carbocycles. The summed E-state index contributed by atoms with van der Waals surface area (Å²) in [5.41, 5.74) is 2.82. The van der Waals surface area contributed by atoms with E-state index in [1.807, 2.05) is 35.7 Å². The lowest BCUT2D eigenvalue weighted by atomic mass is 10.1. The van der Waals surface area contributed by atoms with Crippen LogP contribution in [0.5, 0.6) is 5.75 Å². The second-order valence-electron chi connectivity index (χ2n) is 6.23. The highest BCUT2D eigenvalue weighted by molar-refractivity contribution is 7.12. The summed E-state index contributed by atoms with van der Waals surface area (Å²) in [5, 5.41) is 4.79. The van der Waals surface area contributed by atoms with E-state index in [1.165, 1.54) is 16.2 Å². The molecule has 0 spiro atoms. The molecule has 1 N–H and O–H groups in total. The van der Waals surface area contributed by atoms with E-state index >= 15 is 0 Å². The molecule has 1 aliphatic rings. The fourth-order valence-electron chi connectivity index (χ4n) is 3.10. The molecule has 5 nitrogen and oxygen atoms in total. The van der Waals surface area contributed by atoms with Crippen LogP contribution >= 0.6 is 11.3 Å². The lowest BCUT2D eigenvalue weighted by Gasteiger charge is -2.20. The van der Waals surface area contributed by atoms with Crippen LogP contribution in [-0.4, -0.2) is 25.5 Å². The third-order valence-electron chi connectivity index (χ3n) is 4.49. The van der Waals surface area contributed by atoms with Gasteiger partial charge < -0.3 is 15.0 Å². The first-order valence-corrected chi connectivity index (χ1v) is 9.49. The van der Waals surface area contributed by atoms with Crippen LogP contribution in [0.1, 0.15) is 25.6 Å². The van der Waals surface area contributed by atoms with E-state index in [0.717, 1.165) is 17.7 Å². The molecule has 6 heteroatoms. The van der Waals surface area contributed by atoms with Crippen molar-refractivity contribution in [1.29, 1.82) is 0 Å². The van der Waals surface area contributed by atoms with Gasteiger partial charge in [-0.2, -0.15) is 0 Å². The highest BCUT2D eigenvalue weighted by atomic mass is 32.1. The Hall–Kier alpha value is -3.12. The quantitative estimate of drug-likeness (QED) is 0.740. The first-order chi connectivity index (χ1) is 13.1. The van der Waals surface area contributed by atoms with Crippen molar-refractivity contribution < 1.29 is 14.3 Å². The number of anilines is 2. The van der Waals surface area contributed by atoms with E-state index in [1.54, 1.807) is 31.3 Å². The Morgan fingerprint density at radius 3 is 2.78 bits per heavy atom. The zero-order valence-corrected chi connectivity index (χ0v) is 15.6. The number of rotatable bonds is 4. The Morgan fingerprint density at radius 2 is 1.96 bits per heavy atom. The molecule has 2 heterocycles. The Balaban J connectivity index is 1.58. The Labute approximate surface area is 161 Å². The molecule has 0 saturated heterocycles. The normalized spacial score (nSPS) is 12.2. The molecule has 2 amide bonds. The molecule has 0 fully saturated rings. The van der Waals surface area contributed by atoms with Crippen LogP contribution in [0.4, 0.5) is 11.4 Å². The van der Waals surface area contributed by atoms with Crippen molar-refractivity contribution in [3.63, 3.8) is 0 Å². The van der Waals surface area contributed by atoms with E-state index in [-0.39, 0.29) is 11.8 Å². The van der Waals surface area contributed by atoms with Gasteiger partial charge in [0, 0.05) is 19.2 Å². The zero-order chi connectivity index (χ0) is 18.8. The molecule has 0 bridgehead atoms. The average Bonchev–Trinajstić information content (AvgIpc) is 3.38. The molecule has 0 unspecified atom stereocenters. The Morgan fingerprint density at radius 1 is 1.11 bits per heavy atom. The van der Waals surface area contributed by atoms with Gasteiger partial charge in [-0.3, -0.25) is 9.59 Å². The minimum atomic E-state index is -0.254. The van der Waals surface area contributed by atoms with Crippen LogP contribution < -0.4 is 15.0 Å². The predicted octanol–water partition coefficient (Wildman–Crippen LogP) is 4.21. The third kappa shape index (κ3) is 3.44. The van der Waals surface area contributed by atoms with Gasteiger partial charge in [-0.1, -0.05) is 18.2 Å². The third-order valence-corrected chi connectivity index (χ3v) is 5.35. The Kier molecular flexibility index (Phi) is 4.64. The Bertz CT molecular complexity index is 998. The van der Waals surface area contributed by atoms with Crippen molar-refractivity contribution >= 4 is 34.5 Å². The number of hydrogen-bond donors (Lipinski definition) is 1. The summed E-state index contributed by atoms with van der Waals surface area (Å²) in [7, 11) is 1.68. The van der Waals surface area contributed by atoms with Crippen molar-refractivity contribution in [3.05, 3.63) is 76.0 Å². The first-order valence-electron chi connectivity index (χ1n) is 8.61. The van der Waals surface area contributed by atoms with E-state index in [2.05, 4.69) is 5.32 Å². The van der Waals surface area contributed by atoms with Crippen LogP contribution in [0, 0.1) is 0 Å². The number of thiophene rings is 1. The molecular weight excluding hydrogens is 360 g/mol. The van der Waals surface area contributed by atoms with Gasteiger partial charge in [0.25, 0.3) is 11.8 Å². The zero-order valence-electron chi connectivity index (χ0n) is 14.8. The highest BCUT2D eigenvalue weighted by Gasteiger charge is 2.21. The average molecular weight is 378 g/mol. The van der Waals surface area contributed by atoms with E-state index in [9.17, 15) is 9.59 Å².